The highest BCUT2D eigenvalue weighted by molar-refractivity contribution is 5.37. The minimum atomic E-state index is 0.553. The molecule has 1 N–H and O–H groups in total. The fraction of sp³-hybridized carbons (Fsp3) is 0.350. The molecule has 0 bridgehead atoms. The van der Waals surface area contributed by atoms with Gasteiger partial charge in [-0.1, -0.05) is 60.9 Å². The zero-order chi connectivity index (χ0) is 18.2. The molecule has 0 fully saturated rings. The van der Waals surface area contributed by atoms with Crippen molar-refractivity contribution in [2.45, 2.75) is 46.4 Å². The van der Waals surface area contributed by atoms with Crippen LogP contribution in [-0.2, 0) is 19.7 Å². The van der Waals surface area contributed by atoms with Gasteiger partial charge in [0.2, 0.25) is 5.95 Å². The number of nitrogens with zero attached hydrogens (tertiary/aromatic N) is 4. The topological polar surface area (TPSA) is 64.9 Å². The fourth-order valence-corrected chi connectivity index (χ4v) is 2.68. The largest absolute Gasteiger partial charge is 0.489 e. The Balaban J connectivity index is 1.64. The summed E-state index contributed by atoms with van der Waals surface area (Å²) in [6, 6.07) is 16.3. The first-order chi connectivity index (χ1) is 12.8. The van der Waals surface area contributed by atoms with Crippen LogP contribution in [-0.4, -0.2) is 20.2 Å². The van der Waals surface area contributed by atoms with Gasteiger partial charge in [-0.2, -0.15) is 0 Å². The average Bonchev–Trinajstić information content (AvgIpc) is 3.12. The lowest BCUT2D eigenvalue weighted by Crippen LogP contribution is -2.10. The molecule has 0 saturated heterocycles. The van der Waals surface area contributed by atoms with E-state index in [1.165, 1.54) is 11.1 Å². The fourth-order valence-electron chi connectivity index (χ4n) is 2.68. The van der Waals surface area contributed by atoms with E-state index in [0.29, 0.717) is 19.1 Å². The number of anilines is 1. The molecule has 0 spiro atoms. The number of benzene rings is 2. The van der Waals surface area contributed by atoms with Gasteiger partial charge in [-0.3, -0.25) is 0 Å². The summed E-state index contributed by atoms with van der Waals surface area (Å²) >= 11 is 0. The standard InChI is InChI=1S/C20H25N5O/c1-3-4-13-25-20(22-23-24-25)21-14-17-10-7-8-12-19(17)26-15-18-11-6-5-9-16(18)2/h5-12H,3-4,13-15H2,1-2H3,(H,21,22,24). The van der Waals surface area contributed by atoms with Crippen molar-refractivity contribution in [3.05, 3.63) is 65.2 Å². The molecule has 26 heavy (non-hydrogen) atoms. The molecule has 0 aliphatic carbocycles. The Kier molecular flexibility index (Phi) is 6.19. The van der Waals surface area contributed by atoms with Crippen LogP contribution >= 0.6 is 0 Å². The first-order valence-corrected chi connectivity index (χ1v) is 9.03. The van der Waals surface area contributed by atoms with E-state index < -0.39 is 0 Å². The highest BCUT2D eigenvalue weighted by Gasteiger charge is 2.08. The Bertz CT molecular complexity index is 830. The van der Waals surface area contributed by atoms with Crippen molar-refractivity contribution in [3.63, 3.8) is 0 Å². The van der Waals surface area contributed by atoms with Gasteiger partial charge in [0.25, 0.3) is 0 Å². The quantitative estimate of drug-likeness (QED) is 0.632. The maximum absolute atomic E-state index is 6.07. The molecular formula is C20H25N5O. The molecule has 1 aromatic heterocycles. The van der Waals surface area contributed by atoms with Crippen molar-refractivity contribution >= 4 is 5.95 Å². The zero-order valence-electron chi connectivity index (χ0n) is 15.4. The predicted octanol–water partition coefficient (Wildman–Crippen LogP) is 3.97. The van der Waals surface area contributed by atoms with E-state index in [4.69, 9.17) is 4.74 Å². The van der Waals surface area contributed by atoms with E-state index in [2.05, 4.69) is 52.9 Å². The van der Waals surface area contributed by atoms with Gasteiger partial charge in [-0.25, -0.2) is 4.68 Å². The molecule has 0 saturated carbocycles. The van der Waals surface area contributed by atoms with Crippen LogP contribution in [0.5, 0.6) is 5.75 Å². The third-order valence-corrected chi connectivity index (χ3v) is 4.31. The van der Waals surface area contributed by atoms with Crippen LogP contribution in [0.4, 0.5) is 5.95 Å². The molecule has 0 aliphatic rings. The summed E-state index contributed by atoms with van der Waals surface area (Å²) in [7, 11) is 0. The first kappa shape index (κ1) is 17.9. The Labute approximate surface area is 154 Å². The number of nitrogens with one attached hydrogen (secondary N) is 1. The minimum Gasteiger partial charge on any atom is -0.489 e. The minimum absolute atomic E-state index is 0.553. The molecule has 3 rings (SSSR count). The second-order valence-electron chi connectivity index (χ2n) is 6.26. The normalized spacial score (nSPS) is 10.7. The van der Waals surface area contributed by atoms with E-state index in [1.54, 1.807) is 4.68 Å². The summed E-state index contributed by atoms with van der Waals surface area (Å²) in [5.74, 6) is 1.56. The number of rotatable bonds is 9. The van der Waals surface area contributed by atoms with Crippen molar-refractivity contribution in [3.8, 4) is 5.75 Å². The van der Waals surface area contributed by atoms with Crippen LogP contribution in [0.15, 0.2) is 48.5 Å². The summed E-state index contributed by atoms with van der Waals surface area (Å²) in [6.07, 6.45) is 2.16. The lowest BCUT2D eigenvalue weighted by atomic mass is 10.1. The molecule has 2 aromatic carbocycles. The van der Waals surface area contributed by atoms with Gasteiger partial charge < -0.3 is 10.1 Å². The number of aryl methyl sites for hydroxylation is 2. The highest BCUT2D eigenvalue weighted by atomic mass is 16.5. The molecule has 3 aromatic rings. The number of ether oxygens (including phenoxy) is 1. The Morgan fingerprint density at radius 2 is 1.81 bits per heavy atom. The summed E-state index contributed by atoms with van der Waals surface area (Å²) in [5.41, 5.74) is 3.50. The molecule has 0 amide bonds. The molecule has 0 unspecified atom stereocenters. The van der Waals surface area contributed by atoms with Crippen molar-refractivity contribution in [2.24, 2.45) is 0 Å². The maximum atomic E-state index is 6.07. The average molecular weight is 351 g/mol. The van der Waals surface area contributed by atoms with E-state index in [-0.39, 0.29) is 0 Å². The molecule has 6 nitrogen and oxygen atoms in total. The van der Waals surface area contributed by atoms with E-state index in [0.717, 1.165) is 30.7 Å². The smallest absolute Gasteiger partial charge is 0.243 e. The second-order valence-corrected chi connectivity index (χ2v) is 6.26. The molecule has 0 atom stereocenters. The van der Waals surface area contributed by atoms with Gasteiger partial charge in [-0.05, 0) is 41.0 Å². The van der Waals surface area contributed by atoms with Gasteiger partial charge in [0.1, 0.15) is 12.4 Å². The molecule has 136 valence electrons. The lowest BCUT2D eigenvalue weighted by Gasteiger charge is -2.13. The number of hydrogen-bond acceptors (Lipinski definition) is 5. The number of para-hydroxylation sites is 1. The van der Waals surface area contributed by atoms with Crippen molar-refractivity contribution < 1.29 is 4.74 Å². The SMILES string of the molecule is CCCCn1nnnc1NCc1ccccc1OCc1ccccc1C. The molecule has 1 heterocycles. The van der Waals surface area contributed by atoms with Crippen LogP contribution in [0.3, 0.4) is 0 Å². The van der Waals surface area contributed by atoms with Gasteiger partial charge in [0.05, 0.1) is 0 Å². The first-order valence-electron chi connectivity index (χ1n) is 9.03. The molecule has 6 heteroatoms. The number of aromatic nitrogens is 4. The van der Waals surface area contributed by atoms with Crippen LogP contribution < -0.4 is 10.1 Å². The highest BCUT2D eigenvalue weighted by Crippen LogP contribution is 2.21. The van der Waals surface area contributed by atoms with Crippen molar-refractivity contribution in [1.29, 1.82) is 0 Å². The number of unbranched alkanes of at least 4 members (excludes halogenated alkanes) is 1. The summed E-state index contributed by atoms with van der Waals surface area (Å²) < 4.78 is 7.88. The zero-order valence-corrected chi connectivity index (χ0v) is 15.4. The van der Waals surface area contributed by atoms with Crippen LogP contribution in [0.1, 0.15) is 36.5 Å². The molecule has 0 radical (unpaired) electrons. The molecular weight excluding hydrogens is 326 g/mol. The monoisotopic (exact) mass is 351 g/mol. The van der Waals surface area contributed by atoms with Crippen molar-refractivity contribution in [1.82, 2.24) is 20.2 Å². The number of tetrazole rings is 1. The van der Waals surface area contributed by atoms with Gasteiger partial charge in [0.15, 0.2) is 0 Å². The van der Waals surface area contributed by atoms with Crippen LogP contribution in [0.25, 0.3) is 0 Å². The van der Waals surface area contributed by atoms with E-state index >= 15 is 0 Å². The Morgan fingerprint density at radius 1 is 1.04 bits per heavy atom. The summed E-state index contributed by atoms with van der Waals surface area (Å²) in [4.78, 5) is 0. The van der Waals surface area contributed by atoms with E-state index in [9.17, 15) is 0 Å². The summed E-state index contributed by atoms with van der Waals surface area (Å²) in [5, 5.41) is 15.2. The lowest BCUT2D eigenvalue weighted by molar-refractivity contribution is 0.302. The van der Waals surface area contributed by atoms with E-state index in [1.807, 2.05) is 30.3 Å². The van der Waals surface area contributed by atoms with Crippen LogP contribution in [0, 0.1) is 6.92 Å². The third-order valence-electron chi connectivity index (χ3n) is 4.31. The van der Waals surface area contributed by atoms with Gasteiger partial charge in [0, 0.05) is 18.7 Å². The predicted molar refractivity (Wildman–Crippen MR) is 102 cm³/mol. The second kappa shape index (κ2) is 8.99. The van der Waals surface area contributed by atoms with Crippen molar-refractivity contribution in [2.75, 3.05) is 5.32 Å². The van der Waals surface area contributed by atoms with Crippen LogP contribution in [0.2, 0.25) is 0 Å². The Morgan fingerprint density at radius 3 is 2.62 bits per heavy atom. The number of hydrogen-bond donors (Lipinski definition) is 1. The summed E-state index contributed by atoms with van der Waals surface area (Å²) in [6.45, 7) is 6.23. The Hall–Kier alpha value is -2.89. The van der Waals surface area contributed by atoms with Gasteiger partial charge >= 0.3 is 0 Å². The maximum Gasteiger partial charge on any atom is 0.243 e. The third kappa shape index (κ3) is 4.59. The van der Waals surface area contributed by atoms with Gasteiger partial charge in [-0.15, -0.1) is 0 Å². The molecule has 0 aliphatic heterocycles.